The van der Waals surface area contributed by atoms with E-state index in [-0.39, 0.29) is 28.4 Å². The van der Waals surface area contributed by atoms with Gasteiger partial charge in [-0.15, -0.1) is 5.10 Å². The summed E-state index contributed by atoms with van der Waals surface area (Å²) in [5.74, 6) is -1.06. The van der Waals surface area contributed by atoms with Gasteiger partial charge >= 0.3 is 0 Å². The molecule has 2 aromatic rings. The van der Waals surface area contributed by atoms with Crippen molar-refractivity contribution in [3.63, 3.8) is 0 Å². The van der Waals surface area contributed by atoms with Crippen LogP contribution in [0.15, 0.2) is 35.5 Å². The number of hydrogen-bond donors (Lipinski definition) is 1. The highest BCUT2D eigenvalue weighted by Crippen LogP contribution is 2.21. The normalized spacial score (nSPS) is 17.8. The number of nitrogens with one attached hydrogen (secondary N) is 1. The Morgan fingerprint density at radius 3 is 2.92 bits per heavy atom. The second-order valence-electron chi connectivity index (χ2n) is 5.57. The van der Waals surface area contributed by atoms with Gasteiger partial charge in [-0.1, -0.05) is 16.8 Å². The number of hydrogen-bond acceptors (Lipinski definition) is 5. The number of likely N-dealkylation sites (tertiary alicyclic amines) is 1. The van der Waals surface area contributed by atoms with Crippen molar-refractivity contribution in [2.45, 2.75) is 17.4 Å². The van der Waals surface area contributed by atoms with Gasteiger partial charge in [0.05, 0.1) is 28.7 Å². The summed E-state index contributed by atoms with van der Waals surface area (Å²) < 4.78 is 41.4. The Labute approximate surface area is 148 Å². The lowest BCUT2D eigenvalue weighted by Crippen LogP contribution is -2.39. The number of aromatic nitrogens is 3. The van der Waals surface area contributed by atoms with Crippen molar-refractivity contribution in [3.05, 3.63) is 41.4 Å². The highest BCUT2D eigenvalue weighted by molar-refractivity contribution is 7.89. The number of nitrogens with zero attached hydrogens (tertiary/aromatic N) is 4. The van der Waals surface area contributed by atoms with Crippen LogP contribution in [0, 0.1) is 5.82 Å². The van der Waals surface area contributed by atoms with Gasteiger partial charge in [0.2, 0.25) is 15.9 Å². The molecule has 1 N–H and O–H groups in total. The van der Waals surface area contributed by atoms with Crippen molar-refractivity contribution in [1.29, 1.82) is 0 Å². The van der Waals surface area contributed by atoms with Crippen molar-refractivity contribution in [2.75, 3.05) is 19.6 Å². The molecule has 1 atom stereocenters. The number of sulfonamides is 1. The summed E-state index contributed by atoms with van der Waals surface area (Å²) in [4.78, 5) is 13.6. The molecular formula is C14H15ClFN5O3S. The third-order valence-corrected chi connectivity index (χ3v) is 5.63. The van der Waals surface area contributed by atoms with Crippen molar-refractivity contribution < 1.29 is 17.6 Å². The lowest BCUT2D eigenvalue weighted by molar-refractivity contribution is -0.129. The van der Waals surface area contributed by atoms with Gasteiger partial charge in [-0.25, -0.2) is 22.2 Å². The van der Waals surface area contributed by atoms with Crippen molar-refractivity contribution in [3.8, 4) is 0 Å². The lowest BCUT2D eigenvalue weighted by Gasteiger charge is -2.17. The summed E-state index contributed by atoms with van der Waals surface area (Å²) in [6, 6.07) is 3.08. The minimum absolute atomic E-state index is 0.0268. The summed E-state index contributed by atoms with van der Waals surface area (Å²) in [5.41, 5.74) is 0. The van der Waals surface area contributed by atoms with Crippen LogP contribution in [0.2, 0.25) is 5.02 Å². The van der Waals surface area contributed by atoms with Crippen LogP contribution in [0.4, 0.5) is 4.39 Å². The first-order valence-corrected chi connectivity index (χ1v) is 9.31. The zero-order chi connectivity index (χ0) is 18.0. The lowest BCUT2D eigenvalue weighted by atomic mass is 10.3. The summed E-state index contributed by atoms with van der Waals surface area (Å²) in [6.45, 7) is 0.557. The molecule has 25 heavy (non-hydrogen) atoms. The maximum Gasteiger partial charge on any atom is 0.241 e. The van der Waals surface area contributed by atoms with Crippen LogP contribution < -0.4 is 4.72 Å². The molecule has 1 unspecified atom stereocenters. The van der Waals surface area contributed by atoms with Crippen LogP contribution in [0.3, 0.4) is 0 Å². The van der Waals surface area contributed by atoms with E-state index in [1.165, 1.54) is 0 Å². The van der Waals surface area contributed by atoms with Crippen LogP contribution >= 0.6 is 11.6 Å². The quantitative estimate of drug-likeness (QED) is 0.819. The number of halogens is 2. The predicted molar refractivity (Wildman–Crippen MR) is 86.9 cm³/mol. The van der Waals surface area contributed by atoms with Crippen LogP contribution in [-0.2, 0) is 14.8 Å². The third kappa shape index (κ3) is 3.97. The largest absolute Gasteiger partial charge is 0.339 e. The van der Waals surface area contributed by atoms with Gasteiger partial charge in [0.1, 0.15) is 5.82 Å². The van der Waals surface area contributed by atoms with E-state index in [4.69, 9.17) is 11.6 Å². The number of benzene rings is 1. The van der Waals surface area contributed by atoms with Gasteiger partial charge in [-0.2, -0.15) is 0 Å². The van der Waals surface area contributed by atoms with Gasteiger partial charge in [-0.05, 0) is 24.6 Å². The Morgan fingerprint density at radius 2 is 2.24 bits per heavy atom. The average Bonchev–Trinajstić information content (AvgIpc) is 3.26. The molecule has 0 aliphatic carbocycles. The fraction of sp³-hybridized carbons (Fsp3) is 0.357. The maximum absolute atomic E-state index is 13.1. The Balaban J connectivity index is 1.59. The third-order valence-electron chi connectivity index (χ3n) is 3.95. The second kappa shape index (κ2) is 7.06. The van der Waals surface area contributed by atoms with Crippen molar-refractivity contribution in [2.24, 2.45) is 0 Å². The van der Waals surface area contributed by atoms with Crippen molar-refractivity contribution >= 4 is 27.5 Å². The molecule has 2 heterocycles. The standard InChI is InChI=1S/C14H15ClFN5O3S/c15-12-7-11(1-2-13(12)16)25(23,24)18-8-14(22)20-5-3-10(9-20)21-6-4-17-19-21/h1-2,4,6-7,10,18H,3,5,8-9H2. The Bertz CT molecular complexity index is 875. The molecule has 0 spiro atoms. The maximum atomic E-state index is 13.1. The molecule has 11 heteroatoms. The number of amides is 1. The first-order chi connectivity index (χ1) is 11.9. The molecule has 1 saturated heterocycles. The van der Waals surface area contributed by atoms with Gasteiger partial charge in [0.25, 0.3) is 0 Å². The van der Waals surface area contributed by atoms with Crippen molar-refractivity contribution in [1.82, 2.24) is 24.6 Å². The average molecular weight is 388 g/mol. The summed E-state index contributed by atoms with van der Waals surface area (Å²) in [5, 5.41) is 7.34. The molecule has 1 amide bonds. The summed E-state index contributed by atoms with van der Waals surface area (Å²) in [7, 11) is -3.96. The van der Waals surface area contributed by atoms with Gasteiger partial charge in [0.15, 0.2) is 0 Å². The second-order valence-corrected chi connectivity index (χ2v) is 7.74. The summed E-state index contributed by atoms with van der Waals surface area (Å²) in [6.07, 6.45) is 4.00. The Hall–Kier alpha value is -2.04. The zero-order valence-corrected chi connectivity index (χ0v) is 14.5. The van der Waals surface area contributed by atoms with E-state index in [1.54, 1.807) is 22.0 Å². The monoisotopic (exact) mass is 387 g/mol. The van der Waals surface area contributed by atoms with E-state index in [0.29, 0.717) is 13.1 Å². The minimum atomic E-state index is -3.96. The Kier molecular flexibility index (Phi) is 5.02. The van der Waals surface area contributed by atoms with E-state index in [2.05, 4.69) is 15.0 Å². The van der Waals surface area contributed by atoms with Crippen LogP contribution in [0.1, 0.15) is 12.5 Å². The zero-order valence-electron chi connectivity index (χ0n) is 13.0. The highest BCUT2D eigenvalue weighted by atomic mass is 35.5. The molecule has 8 nitrogen and oxygen atoms in total. The van der Waals surface area contributed by atoms with Gasteiger partial charge < -0.3 is 4.90 Å². The van der Waals surface area contributed by atoms with E-state index in [0.717, 1.165) is 24.6 Å². The minimum Gasteiger partial charge on any atom is -0.339 e. The van der Waals surface area contributed by atoms with Crippen LogP contribution in [0.5, 0.6) is 0 Å². The molecule has 1 aliphatic rings. The number of carbonyl (C=O) groups is 1. The van der Waals surface area contributed by atoms with E-state index in [1.807, 2.05) is 0 Å². The van der Waals surface area contributed by atoms with Gasteiger partial charge in [-0.3, -0.25) is 4.79 Å². The first kappa shape index (κ1) is 17.8. The fourth-order valence-electron chi connectivity index (χ4n) is 2.59. The van der Waals surface area contributed by atoms with Crippen LogP contribution in [0.25, 0.3) is 0 Å². The van der Waals surface area contributed by atoms with E-state index >= 15 is 0 Å². The molecule has 0 bridgehead atoms. The molecule has 134 valence electrons. The molecular weight excluding hydrogens is 373 g/mol. The molecule has 0 radical (unpaired) electrons. The SMILES string of the molecule is O=C(CNS(=O)(=O)c1ccc(F)c(Cl)c1)N1CCC(n2ccnn2)C1. The number of carbonyl (C=O) groups excluding carboxylic acids is 1. The molecule has 1 aromatic carbocycles. The summed E-state index contributed by atoms with van der Waals surface area (Å²) >= 11 is 5.60. The van der Waals surface area contributed by atoms with Crippen LogP contribution in [-0.4, -0.2) is 53.9 Å². The molecule has 1 aliphatic heterocycles. The Morgan fingerprint density at radius 1 is 1.44 bits per heavy atom. The predicted octanol–water partition coefficient (Wildman–Crippen LogP) is 0.823. The molecule has 1 aromatic heterocycles. The van der Waals surface area contributed by atoms with E-state index < -0.39 is 15.8 Å². The van der Waals surface area contributed by atoms with Gasteiger partial charge in [0, 0.05) is 19.3 Å². The topological polar surface area (TPSA) is 97.2 Å². The number of rotatable bonds is 5. The molecule has 3 rings (SSSR count). The fourth-order valence-corrected chi connectivity index (χ4v) is 3.84. The molecule has 1 fully saturated rings. The van der Waals surface area contributed by atoms with E-state index in [9.17, 15) is 17.6 Å². The smallest absolute Gasteiger partial charge is 0.241 e. The highest BCUT2D eigenvalue weighted by Gasteiger charge is 2.28. The molecule has 0 saturated carbocycles. The first-order valence-electron chi connectivity index (χ1n) is 7.45.